The number of hydrazone groups is 1. The molecule has 0 unspecified atom stereocenters. The Labute approximate surface area is 201 Å². The number of anilines is 1. The third-order valence-corrected chi connectivity index (χ3v) is 5.21. The van der Waals surface area contributed by atoms with Gasteiger partial charge in [0.1, 0.15) is 0 Å². The van der Waals surface area contributed by atoms with E-state index in [1.807, 2.05) is 13.0 Å². The molecule has 3 aromatic carbocycles. The Kier molecular flexibility index (Phi) is 6.73. The number of carboxylic acids is 1. The summed E-state index contributed by atoms with van der Waals surface area (Å²) < 4.78 is 11.2. The van der Waals surface area contributed by atoms with Crippen molar-refractivity contribution in [3.63, 3.8) is 0 Å². The third-order valence-electron chi connectivity index (χ3n) is 5.21. The van der Waals surface area contributed by atoms with Crippen molar-refractivity contribution in [3.05, 3.63) is 95.1 Å². The van der Waals surface area contributed by atoms with Crippen LogP contribution in [0.2, 0.25) is 0 Å². The fraction of sp³-hybridized carbons (Fsp3) is 0.111. The van der Waals surface area contributed by atoms with Crippen molar-refractivity contribution in [2.45, 2.75) is 13.8 Å². The van der Waals surface area contributed by atoms with E-state index in [1.165, 1.54) is 29.3 Å². The first-order valence-electron chi connectivity index (χ1n) is 10.9. The van der Waals surface area contributed by atoms with Gasteiger partial charge in [0, 0.05) is 0 Å². The Morgan fingerprint density at radius 2 is 1.69 bits per heavy atom. The Bertz CT molecular complexity index is 1340. The highest BCUT2D eigenvalue weighted by Crippen LogP contribution is 2.31. The number of carbonyl (C=O) groups is 3. The molecule has 4 rings (SSSR count). The molecule has 8 heteroatoms. The molecule has 176 valence electrons. The Morgan fingerprint density at radius 1 is 0.971 bits per heavy atom. The van der Waals surface area contributed by atoms with Crippen molar-refractivity contribution in [1.29, 1.82) is 0 Å². The van der Waals surface area contributed by atoms with E-state index in [1.54, 1.807) is 55.5 Å². The quantitative estimate of drug-likeness (QED) is 0.302. The number of rotatable bonds is 7. The standard InChI is InChI=1S/C27H22N2O6/c1-3-34-24-16-18(9-14-23(24)35-27(33)20-7-5-4-6-8-20)15-22-17(2)28-29(25(22)30)21-12-10-19(11-13-21)26(31)32/h4-16H,3H2,1-2H3,(H,31,32). The van der Waals surface area contributed by atoms with Crippen LogP contribution in [-0.4, -0.2) is 35.3 Å². The molecule has 1 heterocycles. The second-order valence-electron chi connectivity index (χ2n) is 7.61. The molecule has 0 saturated heterocycles. The molecule has 8 nitrogen and oxygen atoms in total. The Balaban J connectivity index is 1.58. The molecular formula is C27H22N2O6. The normalized spacial score (nSPS) is 14.1. The van der Waals surface area contributed by atoms with Crippen LogP contribution in [0.1, 0.15) is 40.1 Å². The molecule has 0 bridgehead atoms. The van der Waals surface area contributed by atoms with E-state index in [-0.39, 0.29) is 17.2 Å². The van der Waals surface area contributed by atoms with Crippen LogP contribution >= 0.6 is 0 Å². The predicted octanol–water partition coefficient (Wildman–Crippen LogP) is 4.81. The van der Waals surface area contributed by atoms with Crippen LogP contribution < -0.4 is 14.5 Å². The van der Waals surface area contributed by atoms with Crippen LogP contribution in [0.25, 0.3) is 6.08 Å². The molecule has 1 N–H and O–H groups in total. The minimum atomic E-state index is -1.05. The molecule has 0 radical (unpaired) electrons. The van der Waals surface area contributed by atoms with E-state index in [9.17, 15) is 14.4 Å². The number of ether oxygens (including phenoxy) is 2. The van der Waals surface area contributed by atoms with Crippen molar-refractivity contribution in [3.8, 4) is 11.5 Å². The number of nitrogens with zero attached hydrogens (tertiary/aromatic N) is 2. The van der Waals surface area contributed by atoms with Gasteiger partial charge in [-0.05, 0) is 74.0 Å². The van der Waals surface area contributed by atoms with Crippen LogP contribution in [-0.2, 0) is 4.79 Å². The summed E-state index contributed by atoms with van der Waals surface area (Å²) in [7, 11) is 0. The van der Waals surface area contributed by atoms with Crippen molar-refractivity contribution in [1.82, 2.24) is 0 Å². The van der Waals surface area contributed by atoms with Gasteiger partial charge in [0.25, 0.3) is 5.91 Å². The predicted molar refractivity (Wildman–Crippen MR) is 131 cm³/mol. The lowest BCUT2D eigenvalue weighted by molar-refractivity contribution is -0.114. The molecule has 3 aromatic rings. The lowest BCUT2D eigenvalue weighted by Crippen LogP contribution is -2.21. The second-order valence-corrected chi connectivity index (χ2v) is 7.61. The molecule has 1 aliphatic heterocycles. The molecule has 0 aromatic heterocycles. The zero-order valence-electron chi connectivity index (χ0n) is 19.1. The number of hydrogen-bond acceptors (Lipinski definition) is 6. The number of carbonyl (C=O) groups excluding carboxylic acids is 2. The van der Waals surface area contributed by atoms with Crippen molar-refractivity contribution < 1.29 is 29.0 Å². The van der Waals surface area contributed by atoms with Gasteiger partial charge in [-0.25, -0.2) is 9.59 Å². The number of carboxylic acid groups (broad SMARTS) is 1. The summed E-state index contributed by atoms with van der Waals surface area (Å²) >= 11 is 0. The van der Waals surface area contributed by atoms with Crippen LogP contribution in [0.5, 0.6) is 11.5 Å². The summed E-state index contributed by atoms with van der Waals surface area (Å²) in [5, 5.41) is 14.6. The SMILES string of the molecule is CCOc1cc(C=C2C(=O)N(c3ccc(C(=O)O)cc3)N=C2C)ccc1OC(=O)c1ccccc1. The zero-order chi connectivity index (χ0) is 24.9. The summed E-state index contributed by atoms with van der Waals surface area (Å²) in [5.74, 6) is -1.26. The maximum absolute atomic E-state index is 13.0. The number of esters is 1. The maximum atomic E-state index is 13.0. The average molecular weight is 470 g/mol. The third kappa shape index (κ3) is 5.11. The van der Waals surface area contributed by atoms with Gasteiger partial charge in [-0.3, -0.25) is 4.79 Å². The topological polar surface area (TPSA) is 106 Å². The van der Waals surface area contributed by atoms with E-state index < -0.39 is 11.9 Å². The lowest BCUT2D eigenvalue weighted by atomic mass is 10.1. The van der Waals surface area contributed by atoms with E-state index in [0.29, 0.717) is 40.5 Å². The number of amides is 1. The van der Waals surface area contributed by atoms with Gasteiger partial charge in [0.15, 0.2) is 11.5 Å². The van der Waals surface area contributed by atoms with E-state index in [2.05, 4.69) is 5.10 Å². The smallest absolute Gasteiger partial charge is 0.343 e. The van der Waals surface area contributed by atoms with Gasteiger partial charge in [-0.2, -0.15) is 10.1 Å². The molecular weight excluding hydrogens is 448 g/mol. The number of aromatic carboxylic acids is 1. The highest BCUT2D eigenvalue weighted by Gasteiger charge is 2.29. The second kappa shape index (κ2) is 10.0. The summed E-state index contributed by atoms with van der Waals surface area (Å²) in [6.07, 6.45) is 1.68. The Hall–Kier alpha value is -4.72. The molecule has 0 atom stereocenters. The van der Waals surface area contributed by atoms with E-state index in [0.717, 1.165) is 0 Å². The maximum Gasteiger partial charge on any atom is 0.343 e. The van der Waals surface area contributed by atoms with E-state index >= 15 is 0 Å². The minimum absolute atomic E-state index is 0.119. The van der Waals surface area contributed by atoms with Gasteiger partial charge >= 0.3 is 11.9 Å². The summed E-state index contributed by atoms with van der Waals surface area (Å²) in [5.41, 5.74) is 2.54. The van der Waals surface area contributed by atoms with Crippen LogP contribution in [0.4, 0.5) is 5.69 Å². The highest BCUT2D eigenvalue weighted by atomic mass is 16.6. The minimum Gasteiger partial charge on any atom is -0.490 e. The first-order valence-corrected chi connectivity index (χ1v) is 10.9. The first kappa shape index (κ1) is 23.4. The first-order chi connectivity index (χ1) is 16.9. The van der Waals surface area contributed by atoms with Crippen LogP contribution in [0.3, 0.4) is 0 Å². The van der Waals surface area contributed by atoms with Gasteiger partial charge in [-0.1, -0.05) is 24.3 Å². The zero-order valence-corrected chi connectivity index (χ0v) is 19.1. The van der Waals surface area contributed by atoms with Crippen LogP contribution in [0, 0.1) is 0 Å². The summed E-state index contributed by atoms with van der Waals surface area (Å²) in [6.45, 7) is 3.89. The molecule has 1 aliphatic rings. The van der Waals surface area contributed by atoms with E-state index in [4.69, 9.17) is 14.6 Å². The number of benzene rings is 3. The largest absolute Gasteiger partial charge is 0.490 e. The fourth-order valence-electron chi connectivity index (χ4n) is 3.47. The highest BCUT2D eigenvalue weighted by molar-refractivity contribution is 6.32. The fourth-order valence-corrected chi connectivity index (χ4v) is 3.47. The Morgan fingerprint density at radius 3 is 2.34 bits per heavy atom. The molecule has 0 saturated carbocycles. The summed E-state index contributed by atoms with van der Waals surface area (Å²) in [4.78, 5) is 36.6. The van der Waals surface area contributed by atoms with Gasteiger partial charge in [0.2, 0.25) is 0 Å². The van der Waals surface area contributed by atoms with Crippen molar-refractivity contribution in [2.24, 2.45) is 5.10 Å². The van der Waals surface area contributed by atoms with Gasteiger partial charge in [-0.15, -0.1) is 0 Å². The van der Waals surface area contributed by atoms with Crippen molar-refractivity contribution >= 4 is 35.3 Å². The molecule has 35 heavy (non-hydrogen) atoms. The van der Waals surface area contributed by atoms with Gasteiger partial charge in [0.05, 0.1) is 34.7 Å². The summed E-state index contributed by atoms with van der Waals surface area (Å²) in [6, 6.07) is 19.6. The van der Waals surface area contributed by atoms with Gasteiger partial charge < -0.3 is 14.6 Å². The van der Waals surface area contributed by atoms with Crippen LogP contribution in [0.15, 0.2) is 83.5 Å². The average Bonchev–Trinajstić information content (AvgIpc) is 3.14. The monoisotopic (exact) mass is 470 g/mol. The lowest BCUT2D eigenvalue weighted by Gasteiger charge is -2.12. The molecule has 0 aliphatic carbocycles. The molecule has 0 spiro atoms. The van der Waals surface area contributed by atoms with Crippen molar-refractivity contribution in [2.75, 3.05) is 11.6 Å². The molecule has 0 fully saturated rings. The molecule has 1 amide bonds. The number of hydrogen-bond donors (Lipinski definition) is 1.